The third-order valence-electron chi connectivity index (χ3n) is 3.51. The highest BCUT2D eigenvalue weighted by atomic mass is 32.2. The van der Waals surface area contributed by atoms with Crippen molar-refractivity contribution in [3.05, 3.63) is 11.9 Å². The van der Waals surface area contributed by atoms with Gasteiger partial charge in [-0.2, -0.15) is 0 Å². The summed E-state index contributed by atoms with van der Waals surface area (Å²) in [6, 6.07) is 0.253. The molecule has 0 radical (unpaired) electrons. The van der Waals surface area contributed by atoms with Crippen LogP contribution in [0.4, 0.5) is 4.39 Å². The third-order valence-corrected chi connectivity index (χ3v) is 4.08. The molecule has 6 nitrogen and oxygen atoms in total. The first-order valence-electron chi connectivity index (χ1n) is 6.78. The highest BCUT2D eigenvalue weighted by Crippen LogP contribution is 2.22. The number of piperidine rings is 1. The van der Waals surface area contributed by atoms with Crippen LogP contribution in [0.15, 0.2) is 11.9 Å². The van der Waals surface area contributed by atoms with Crippen LogP contribution in [0, 0.1) is 0 Å². The van der Waals surface area contributed by atoms with Crippen LogP contribution in [-0.4, -0.2) is 49.7 Å². The molecule has 8 heteroatoms. The SMILES string of the molecule is CC1CCCC(NCS(N)(=O)=O)N1CC/C(F)=C/CO. The summed E-state index contributed by atoms with van der Waals surface area (Å²) in [4.78, 5) is 2.06. The van der Waals surface area contributed by atoms with E-state index >= 15 is 0 Å². The normalized spacial score (nSPS) is 25.9. The number of hydrogen-bond donors (Lipinski definition) is 3. The molecule has 20 heavy (non-hydrogen) atoms. The van der Waals surface area contributed by atoms with E-state index in [0.717, 1.165) is 25.3 Å². The maximum Gasteiger partial charge on any atom is 0.222 e. The van der Waals surface area contributed by atoms with E-state index in [0.29, 0.717) is 6.54 Å². The summed E-state index contributed by atoms with van der Waals surface area (Å²) in [6.45, 7) is 2.21. The molecule has 0 amide bonds. The van der Waals surface area contributed by atoms with Gasteiger partial charge in [-0.05, 0) is 32.3 Å². The van der Waals surface area contributed by atoms with E-state index in [9.17, 15) is 12.8 Å². The molecular formula is C12H24FN3O3S. The van der Waals surface area contributed by atoms with E-state index in [1.54, 1.807) is 0 Å². The van der Waals surface area contributed by atoms with Gasteiger partial charge in [0.1, 0.15) is 5.88 Å². The molecule has 118 valence electrons. The minimum absolute atomic E-state index is 0.112. The molecule has 0 aliphatic carbocycles. The van der Waals surface area contributed by atoms with Crippen LogP contribution in [0.25, 0.3) is 0 Å². The zero-order valence-electron chi connectivity index (χ0n) is 11.8. The van der Waals surface area contributed by atoms with E-state index < -0.39 is 10.0 Å². The van der Waals surface area contributed by atoms with Crippen LogP contribution in [0.1, 0.15) is 32.6 Å². The van der Waals surface area contributed by atoms with Crippen molar-refractivity contribution in [2.75, 3.05) is 19.0 Å². The topological polar surface area (TPSA) is 95.7 Å². The smallest absolute Gasteiger partial charge is 0.222 e. The van der Waals surface area contributed by atoms with Gasteiger partial charge in [0.05, 0.1) is 18.6 Å². The Labute approximate surface area is 119 Å². The van der Waals surface area contributed by atoms with Crippen molar-refractivity contribution in [1.29, 1.82) is 0 Å². The van der Waals surface area contributed by atoms with Gasteiger partial charge in [-0.1, -0.05) is 0 Å². The number of sulfonamides is 1. The van der Waals surface area contributed by atoms with E-state index in [2.05, 4.69) is 10.2 Å². The molecule has 4 N–H and O–H groups in total. The molecule has 2 atom stereocenters. The molecule has 1 aliphatic heterocycles. The zero-order valence-corrected chi connectivity index (χ0v) is 12.6. The van der Waals surface area contributed by atoms with E-state index in [4.69, 9.17) is 10.2 Å². The Morgan fingerprint density at radius 2 is 2.25 bits per heavy atom. The molecular weight excluding hydrogens is 285 g/mol. The largest absolute Gasteiger partial charge is 0.392 e. The van der Waals surface area contributed by atoms with Gasteiger partial charge in [-0.3, -0.25) is 10.2 Å². The van der Waals surface area contributed by atoms with E-state index in [1.807, 2.05) is 6.92 Å². The summed E-state index contributed by atoms with van der Waals surface area (Å²) < 4.78 is 35.4. The summed E-state index contributed by atoms with van der Waals surface area (Å²) in [5.41, 5.74) is 0. The van der Waals surface area contributed by atoms with Crippen molar-refractivity contribution in [2.45, 2.75) is 44.8 Å². The fraction of sp³-hybridized carbons (Fsp3) is 0.833. The van der Waals surface area contributed by atoms with Crippen LogP contribution >= 0.6 is 0 Å². The summed E-state index contributed by atoms with van der Waals surface area (Å²) in [7, 11) is -3.56. The van der Waals surface area contributed by atoms with Gasteiger partial charge in [0, 0.05) is 19.0 Å². The monoisotopic (exact) mass is 309 g/mol. The summed E-state index contributed by atoms with van der Waals surface area (Å²) in [6.07, 6.45) is 4.04. The molecule has 0 bridgehead atoms. The molecule has 1 fully saturated rings. The fourth-order valence-electron chi connectivity index (χ4n) is 2.49. The molecule has 0 saturated carbocycles. The van der Waals surface area contributed by atoms with Crippen LogP contribution in [0.3, 0.4) is 0 Å². The van der Waals surface area contributed by atoms with E-state index in [1.165, 1.54) is 0 Å². The highest BCUT2D eigenvalue weighted by molar-refractivity contribution is 7.89. The highest BCUT2D eigenvalue weighted by Gasteiger charge is 2.28. The van der Waals surface area contributed by atoms with Gasteiger partial charge in [0.2, 0.25) is 10.0 Å². The molecule has 0 aromatic carbocycles. The summed E-state index contributed by atoms with van der Waals surface area (Å²) >= 11 is 0. The van der Waals surface area contributed by atoms with Crippen molar-refractivity contribution in [1.82, 2.24) is 10.2 Å². The number of nitrogens with one attached hydrogen (secondary N) is 1. The zero-order chi connectivity index (χ0) is 15.2. The predicted octanol–water partition coefficient (Wildman–Crippen LogP) is 0.258. The van der Waals surface area contributed by atoms with Crippen molar-refractivity contribution < 1.29 is 17.9 Å². The number of aliphatic hydroxyl groups excluding tert-OH is 1. The first-order chi connectivity index (χ1) is 9.33. The Hall–Kier alpha value is -0.540. The third kappa shape index (κ3) is 6.27. The van der Waals surface area contributed by atoms with Gasteiger partial charge in [0.25, 0.3) is 0 Å². The van der Waals surface area contributed by atoms with Gasteiger partial charge in [-0.25, -0.2) is 17.9 Å². The van der Waals surface area contributed by atoms with E-state index in [-0.39, 0.29) is 36.9 Å². The number of hydrogen-bond acceptors (Lipinski definition) is 5. The number of rotatable bonds is 7. The number of aliphatic hydroxyl groups is 1. The van der Waals surface area contributed by atoms with Crippen LogP contribution in [-0.2, 0) is 10.0 Å². The number of nitrogens with zero attached hydrogens (tertiary/aromatic N) is 1. The Kier molecular flexibility index (Phi) is 7.04. The van der Waals surface area contributed by atoms with Crippen molar-refractivity contribution in [3.8, 4) is 0 Å². The summed E-state index contributed by atoms with van der Waals surface area (Å²) in [5.74, 6) is -0.633. The van der Waals surface area contributed by atoms with Crippen LogP contribution < -0.4 is 10.5 Å². The Morgan fingerprint density at radius 3 is 2.85 bits per heavy atom. The van der Waals surface area contributed by atoms with Gasteiger partial charge in [-0.15, -0.1) is 0 Å². The molecule has 1 heterocycles. The maximum atomic E-state index is 13.3. The molecule has 1 aliphatic rings. The number of nitrogens with two attached hydrogens (primary N) is 1. The predicted molar refractivity (Wildman–Crippen MR) is 75.8 cm³/mol. The van der Waals surface area contributed by atoms with Crippen molar-refractivity contribution in [2.24, 2.45) is 5.14 Å². The Balaban J connectivity index is 2.58. The molecule has 0 aromatic heterocycles. The standard InChI is InChI=1S/C12H24FN3O3S/c1-10-3-2-4-12(15-9-20(14,18)19)16(10)7-5-11(13)6-8-17/h6,10,12,15,17H,2-5,7-9H2,1H3,(H2,14,18,19)/b11-6-. The average molecular weight is 309 g/mol. The van der Waals surface area contributed by atoms with Crippen LogP contribution in [0.5, 0.6) is 0 Å². The van der Waals surface area contributed by atoms with Gasteiger partial charge in [0.15, 0.2) is 0 Å². The Bertz CT molecular complexity index is 428. The lowest BCUT2D eigenvalue weighted by molar-refractivity contribution is 0.0746. The molecule has 1 rings (SSSR count). The second-order valence-corrected chi connectivity index (χ2v) is 6.74. The lowest BCUT2D eigenvalue weighted by Gasteiger charge is -2.41. The second-order valence-electron chi connectivity index (χ2n) is 5.13. The maximum absolute atomic E-state index is 13.3. The molecule has 0 spiro atoms. The van der Waals surface area contributed by atoms with Crippen LogP contribution in [0.2, 0.25) is 0 Å². The lowest BCUT2D eigenvalue weighted by Crippen LogP contribution is -2.54. The first kappa shape index (κ1) is 17.5. The van der Waals surface area contributed by atoms with Gasteiger partial charge < -0.3 is 5.11 Å². The fourth-order valence-corrected chi connectivity index (χ4v) is 2.92. The Morgan fingerprint density at radius 1 is 1.55 bits per heavy atom. The lowest BCUT2D eigenvalue weighted by atomic mass is 10.0. The average Bonchev–Trinajstić information content (AvgIpc) is 2.34. The van der Waals surface area contributed by atoms with Crippen molar-refractivity contribution >= 4 is 10.0 Å². The van der Waals surface area contributed by atoms with Gasteiger partial charge >= 0.3 is 0 Å². The molecule has 1 saturated heterocycles. The second kappa shape index (κ2) is 8.04. The number of halogens is 1. The number of likely N-dealkylation sites (tertiary alicyclic amines) is 1. The van der Waals surface area contributed by atoms with Crippen molar-refractivity contribution in [3.63, 3.8) is 0 Å². The molecule has 2 unspecified atom stereocenters. The summed E-state index contributed by atoms with van der Waals surface area (Å²) in [5, 5.41) is 16.5. The number of primary sulfonamides is 1. The first-order valence-corrected chi connectivity index (χ1v) is 8.50. The molecule has 0 aromatic rings. The minimum atomic E-state index is -3.56. The quantitative estimate of drug-likeness (QED) is 0.627. The minimum Gasteiger partial charge on any atom is -0.392 e.